The van der Waals surface area contributed by atoms with Crippen LogP contribution < -0.4 is 0 Å². The Labute approximate surface area is 106 Å². The Kier molecular flexibility index (Phi) is 11.5. The normalized spacial score (nSPS) is 12.4. The molecule has 0 aromatic carbocycles. The summed E-state index contributed by atoms with van der Waals surface area (Å²) in [6, 6.07) is 0. The number of hydrogen-bond acceptors (Lipinski definition) is 3. The molecule has 0 bridgehead atoms. The number of carbonyl (C=O) groups excluding carboxylic acids is 1. The molecule has 0 saturated heterocycles. The molecule has 0 spiro atoms. The average Bonchev–Trinajstić information content (AvgIpc) is 2.30. The lowest BCUT2D eigenvalue weighted by Gasteiger charge is -2.09. The summed E-state index contributed by atoms with van der Waals surface area (Å²) < 4.78 is 4.74. The maximum Gasteiger partial charge on any atom is 0.302 e. The highest BCUT2D eigenvalue weighted by molar-refractivity contribution is 5.65. The van der Waals surface area contributed by atoms with E-state index in [0.717, 1.165) is 12.8 Å². The van der Waals surface area contributed by atoms with Gasteiger partial charge in [-0.25, -0.2) is 0 Å². The van der Waals surface area contributed by atoms with Crippen LogP contribution >= 0.6 is 0 Å². The highest BCUT2D eigenvalue weighted by Gasteiger charge is 2.05. The van der Waals surface area contributed by atoms with Crippen molar-refractivity contribution in [3.8, 4) is 0 Å². The Balaban J connectivity index is 3.13. The number of hydrogen-bond donors (Lipinski definition) is 1. The largest absolute Gasteiger partial charge is 0.463 e. The van der Waals surface area contributed by atoms with Crippen LogP contribution in [0.5, 0.6) is 0 Å². The van der Waals surface area contributed by atoms with Gasteiger partial charge in [-0.2, -0.15) is 0 Å². The maximum absolute atomic E-state index is 10.5. The molecular weight excluding hydrogens is 216 g/mol. The van der Waals surface area contributed by atoms with E-state index < -0.39 is 6.10 Å². The van der Waals surface area contributed by atoms with Crippen molar-refractivity contribution in [1.82, 2.24) is 0 Å². The van der Waals surface area contributed by atoms with E-state index in [1.165, 1.54) is 51.9 Å². The first kappa shape index (κ1) is 16.4. The van der Waals surface area contributed by atoms with Crippen molar-refractivity contribution in [2.75, 3.05) is 6.61 Å². The SMILES string of the molecule is CCCCCCCCCC[C@H](O)COC(C)=O. The van der Waals surface area contributed by atoms with E-state index >= 15 is 0 Å². The summed E-state index contributed by atoms with van der Waals surface area (Å²) in [5, 5.41) is 9.49. The molecule has 0 aliphatic heterocycles. The second kappa shape index (κ2) is 11.9. The highest BCUT2D eigenvalue weighted by atomic mass is 16.5. The number of carbonyl (C=O) groups is 1. The van der Waals surface area contributed by atoms with Crippen molar-refractivity contribution < 1.29 is 14.6 Å². The van der Waals surface area contributed by atoms with Crippen molar-refractivity contribution in [2.45, 2.75) is 77.7 Å². The molecule has 102 valence electrons. The summed E-state index contributed by atoms with van der Waals surface area (Å²) in [4.78, 5) is 10.5. The molecule has 17 heavy (non-hydrogen) atoms. The molecule has 0 aromatic heterocycles. The predicted molar refractivity (Wildman–Crippen MR) is 69.9 cm³/mol. The fourth-order valence-electron chi connectivity index (χ4n) is 1.81. The minimum atomic E-state index is -0.487. The van der Waals surface area contributed by atoms with E-state index in [-0.39, 0.29) is 12.6 Å². The fourth-order valence-corrected chi connectivity index (χ4v) is 1.81. The third kappa shape index (κ3) is 13.4. The molecule has 3 nitrogen and oxygen atoms in total. The van der Waals surface area contributed by atoms with E-state index in [4.69, 9.17) is 4.74 Å². The van der Waals surface area contributed by atoms with Gasteiger partial charge < -0.3 is 9.84 Å². The summed E-state index contributed by atoms with van der Waals surface area (Å²) in [6.07, 6.45) is 10.3. The Hall–Kier alpha value is -0.570. The molecule has 0 unspecified atom stereocenters. The fraction of sp³-hybridized carbons (Fsp3) is 0.929. The van der Waals surface area contributed by atoms with E-state index in [0.29, 0.717) is 0 Å². The monoisotopic (exact) mass is 244 g/mol. The molecule has 0 aliphatic rings. The molecule has 0 radical (unpaired) electrons. The summed E-state index contributed by atoms with van der Waals surface area (Å²) in [6.45, 7) is 3.74. The molecule has 0 aliphatic carbocycles. The van der Waals surface area contributed by atoms with Gasteiger partial charge in [0.25, 0.3) is 0 Å². The summed E-state index contributed by atoms with van der Waals surface area (Å²) in [5.74, 6) is -0.319. The number of rotatable bonds is 11. The quantitative estimate of drug-likeness (QED) is 0.447. The standard InChI is InChI=1S/C14H28O3/c1-3-4-5-6-7-8-9-10-11-14(16)12-17-13(2)15/h14,16H,3-12H2,1-2H3/t14-/m0/s1. The average molecular weight is 244 g/mol. The first-order chi connectivity index (χ1) is 8.16. The minimum Gasteiger partial charge on any atom is -0.463 e. The van der Waals surface area contributed by atoms with E-state index in [1.54, 1.807) is 0 Å². The zero-order valence-corrected chi connectivity index (χ0v) is 11.4. The molecule has 0 saturated carbocycles. The van der Waals surface area contributed by atoms with Gasteiger partial charge in [-0.1, -0.05) is 58.3 Å². The Bertz CT molecular complexity index is 180. The molecule has 0 fully saturated rings. The lowest BCUT2D eigenvalue weighted by molar-refractivity contribution is -0.144. The lowest BCUT2D eigenvalue weighted by Crippen LogP contribution is -2.17. The van der Waals surface area contributed by atoms with Crippen LogP contribution in [0.3, 0.4) is 0 Å². The van der Waals surface area contributed by atoms with E-state index in [9.17, 15) is 9.90 Å². The summed E-state index contributed by atoms with van der Waals surface area (Å²) >= 11 is 0. The van der Waals surface area contributed by atoms with Crippen molar-refractivity contribution >= 4 is 5.97 Å². The molecule has 1 N–H and O–H groups in total. The van der Waals surface area contributed by atoms with Crippen molar-refractivity contribution in [3.63, 3.8) is 0 Å². The maximum atomic E-state index is 10.5. The minimum absolute atomic E-state index is 0.145. The first-order valence-electron chi connectivity index (χ1n) is 6.98. The van der Waals surface area contributed by atoms with Gasteiger partial charge in [0.1, 0.15) is 6.61 Å². The highest BCUT2D eigenvalue weighted by Crippen LogP contribution is 2.10. The van der Waals surface area contributed by atoms with Gasteiger partial charge in [-0.15, -0.1) is 0 Å². The van der Waals surface area contributed by atoms with Crippen LogP contribution in [-0.2, 0) is 9.53 Å². The number of esters is 1. The molecule has 0 heterocycles. The number of unbranched alkanes of at least 4 members (excludes halogenated alkanes) is 7. The van der Waals surface area contributed by atoms with Gasteiger partial charge in [0.05, 0.1) is 6.10 Å². The molecule has 1 atom stereocenters. The molecule has 3 heteroatoms. The van der Waals surface area contributed by atoms with E-state index in [1.807, 2.05) is 0 Å². The molecular formula is C14H28O3. The summed E-state index contributed by atoms with van der Waals surface area (Å²) in [7, 11) is 0. The topological polar surface area (TPSA) is 46.5 Å². The van der Waals surface area contributed by atoms with Gasteiger partial charge in [0.15, 0.2) is 0 Å². The van der Waals surface area contributed by atoms with Crippen LogP contribution in [0, 0.1) is 0 Å². The van der Waals surface area contributed by atoms with Gasteiger partial charge in [-0.05, 0) is 6.42 Å². The predicted octanol–water partition coefficient (Wildman–Crippen LogP) is 3.44. The zero-order valence-electron chi connectivity index (χ0n) is 11.4. The second-order valence-electron chi connectivity index (χ2n) is 4.72. The van der Waals surface area contributed by atoms with Crippen LogP contribution in [0.1, 0.15) is 71.6 Å². The van der Waals surface area contributed by atoms with Crippen molar-refractivity contribution in [1.29, 1.82) is 0 Å². The second-order valence-corrected chi connectivity index (χ2v) is 4.72. The Morgan fingerprint density at radius 3 is 2.12 bits per heavy atom. The van der Waals surface area contributed by atoms with Gasteiger partial charge >= 0.3 is 5.97 Å². The smallest absolute Gasteiger partial charge is 0.302 e. The first-order valence-corrected chi connectivity index (χ1v) is 6.98. The van der Waals surface area contributed by atoms with Crippen molar-refractivity contribution in [2.24, 2.45) is 0 Å². The van der Waals surface area contributed by atoms with Crippen LogP contribution in [0.4, 0.5) is 0 Å². The zero-order chi connectivity index (χ0) is 12.9. The van der Waals surface area contributed by atoms with Crippen LogP contribution in [0.15, 0.2) is 0 Å². The van der Waals surface area contributed by atoms with Crippen molar-refractivity contribution in [3.05, 3.63) is 0 Å². The van der Waals surface area contributed by atoms with Gasteiger partial charge in [0.2, 0.25) is 0 Å². The lowest BCUT2D eigenvalue weighted by atomic mass is 10.1. The number of ether oxygens (including phenoxy) is 1. The van der Waals surface area contributed by atoms with Crippen LogP contribution in [0.25, 0.3) is 0 Å². The molecule has 0 rings (SSSR count). The van der Waals surface area contributed by atoms with E-state index in [2.05, 4.69) is 6.92 Å². The summed E-state index contributed by atoms with van der Waals surface area (Å²) in [5.41, 5.74) is 0. The van der Waals surface area contributed by atoms with Crippen LogP contribution in [-0.4, -0.2) is 23.8 Å². The molecule has 0 amide bonds. The third-order valence-corrected chi connectivity index (χ3v) is 2.87. The molecule has 0 aromatic rings. The number of aliphatic hydroxyl groups is 1. The van der Waals surface area contributed by atoms with Crippen LogP contribution in [0.2, 0.25) is 0 Å². The van der Waals surface area contributed by atoms with Gasteiger partial charge in [0, 0.05) is 6.92 Å². The Morgan fingerprint density at radius 1 is 1.06 bits per heavy atom. The number of aliphatic hydroxyl groups excluding tert-OH is 1. The third-order valence-electron chi connectivity index (χ3n) is 2.87. The Morgan fingerprint density at radius 2 is 1.59 bits per heavy atom. The van der Waals surface area contributed by atoms with Gasteiger partial charge in [-0.3, -0.25) is 4.79 Å².